The first kappa shape index (κ1) is 19.4. The summed E-state index contributed by atoms with van der Waals surface area (Å²) in [5.41, 5.74) is 1.73. The molecular weight excluding hydrogens is 360 g/mol. The van der Waals surface area contributed by atoms with Crippen molar-refractivity contribution in [2.75, 3.05) is 21.3 Å². The summed E-state index contributed by atoms with van der Waals surface area (Å²) >= 11 is 0. The first-order valence-electron chi connectivity index (χ1n) is 8.56. The molecule has 0 atom stereocenters. The van der Waals surface area contributed by atoms with Gasteiger partial charge in [0.2, 0.25) is 0 Å². The van der Waals surface area contributed by atoms with Gasteiger partial charge in [-0.05, 0) is 16.5 Å². The third-order valence-electron chi connectivity index (χ3n) is 4.55. The van der Waals surface area contributed by atoms with E-state index in [-0.39, 0.29) is 16.9 Å². The minimum absolute atomic E-state index is 0.0471. The third-order valence-corrected chi connectivity index (χ3v) is 4.55. The number of methoxy groups -OCH3 is 3. The van der Waals surface area contributed by atoms with Crippen LogP contribution in [0, 0.1) is 0 Å². The van der Waals surface area contributed by atoms with Crippen LogP contribution in [0.3, 0.4) is 0 Å². The number of aromatic hydroxyl groups is 1. The fraction of sp³-hybridized carbons (Fsp3) is 0.182. The number of phenols is 1. The van der Waals surface area contributed by atoms with Gasteiger partial charge < -0.3 is 19.3 Å². The van der Waals surface area contributed by atoms with Crippen LogP contribution in [0.4, 0.5) is 0 Å². The topological polar surface area (TPSA) is 82.1 Å². The van der Waals surface area contributed by atoms with E-state index in [1.165, 1.54) is 14.2 Å². The zero-order chi connectivity index (χ0) is 20.3. The highest BCUT2D eigenvalue weighted by Crippen LogP contribution is 2.42. The van der Waals surface area contributed by atoms with Crippen LogP contribution >= 0.6 is 0 Å². The summed E-state index contributed by atoms with van der Waals surface area (Å²) in [4.78, 5) is 25.2. The van der Waals surface area contributed by atoms with Crippen LogP contribution in [-0.4, -0.2) is 38.4 Å². The van der Waals surface area contributed by atoms with E-state index in [4.69, 9.17) is 14.2 Å². The molecule has 0 spiro atoms. The number of carbonyl (C=O) groups excluding carboxylic acids is 2. The SMILES string of the molecule is COCc1ccccc1-c1c(C(=O)OC)c(C(=O)OC)c(O)c2ccccc12. The Morgan fingerprint density at radius 2 is 1.39 bits per heavy atom. The van der Waals surface area contributed by atoms with Crippen molar-refractivity contribution < 1.29 is 28.9 Å². The van der Waals surface area contributed by atoms with E-state index in [9.17, 15) is 14.7 Å². The number of hydrogen-bond acceptors (Lipinski definition) is 6. The van der Waals surface area contributed by atoms with Crippen LogP contribution in [0.1, 0.15) is 26.3 Å². The molecule has 0 saturated carbocycles. The number of esters is 2. The quantitative estimate of drug-likeness (QED) is 0.676. The van der Waals surface area contributed by atoms with Crippen molar-refractivity contribution in [2.24, 2.45) is 0 Å². The number of ether oxygens (including phenoxy) is 3. The summed E-state index contributed by atoms with van der Waals surface area (Å²) in [7, 11) is 3.99. The van der Waals surface area contributed by atoms with Gasteiger partial charge in [-0.15, -0.1) is 0 Å². The zero-order valence-electron chi connectivity index (χ0n) is 15.8. The number of hydrogen-bond donors (Lipinski definition) is 1. The smallest absolute Gasteiger partial charge is 0.342 e. The van der Waals surface area contributed by atoms with Crippen LogP contribution in [0.25, 0.3) is 21.9 Å². The molecule has 0 saturated heterocycles. The van der Waals surface area contributed by atoms with E-state index in [1.54, 1.807) is 31.4 Å². The lowest BCUT2D eigenvalue weighted by atomic mass is 9.87. The molecule has 0 aliphatic heterocycles. The Morgan fingerprint density at radius 3 is 2.04 bits per heavy atom. The van der Waals surface area contributed by atoms with E-state index in [2.05, 4.69) is 0 Å². The predicted octanol–water partition coefficient (Wildman–Crippen LogP) is 3.93. The van der Waals surface area contributed by atoms with Gasteiger partial charge in [0.05, 0.1) is 26.4 Å². The van der Waals surface area contributed by atoms with Gasteiger partial charge in [0.15, 0.2) is 0 Å². The minimum atomic E-state index is -0.825. The highest BCUT2D eigenvalue weighted by atomic mass is 16.5. The second-order valence-corrected chi connectivity index (χ2v) is 6.09. The molecule has 3 aromatic rings. The molecule has 6 nitrogen and oxygen atoms in total. The van der Waals surface area contributed by atoms with E-state index in [1.807, 2.05) is 24.3 Å². The fourth-order valence-electron chi connectivity index (χ4n) is 3.35. The highest BCUT2D eigenvalue weighted by Gasteiger charge is 2.30. The first-order chi connectivity index (χ1) is 13.5. The molecule has 28 heavy (non-hydrogen) atoms. The minimum Gasteiger partial charge on any atom is -0.506 e. The van der Waals surface area contributed by atoms with Crippen molar-refractivity contribution in [1.29, 1.82) is 0 Å². The summed E-state index contributed by atoms with van der Waals surface area (Å²) in [5, 5.41) is 11.8. The largest absolute Gasteiger partial charge is 0.506 e. The van der Waals surface area contributed by atoms with E-state index >= 15 is 0 Å². The van der Waals surface area contributed by atoms with Crippen molar-refractivity contribution in [3.63, 3.8) is 0 Å². The van der Waals surface area contributed by atoms with Crippen molar-refractivity contribution >= 4 is 22.7 Å². The molecule has 0 aliphatic rings. The van der Waals surface area contributed by atoms with E-state index in [0.29, 0.717) is 28.5 Å². The van der Waals surface area contributed by atoms with Crippen molar-refractivity contribution in [2.45, 2.75) is 6.61 Å². The lowest BCUT2D eigenvalue weighted by molar-refractivity contribution is 0.0553. The molecule has 3 rings (SSSR count). The second kappa shape index (κ2) is 8.10. The maximum atomic E-state index is 12.7. The van der Waals surface area contributed by atoms with Gasteiger partial charge in [-0.2, -0.15) is 0 Å². The molecule has 1 N–H and O–H groups in total. The van der Waals surface area contributed by atoms with Crippen molar-refractivity contribution in [1.82, 2.24) is 0 Å². The molecular formula is C22H20O6. The number of phenolic OH excluding ortho intramolecular Hbond substituents is 1. The zero-order valence-corrected chi connectivity index (χ0v) is 15.8. The Labute approximate surface area is 162 Å². The Morgan fingerprint density at radius 1 is 0.821 bits per heavy atom. The highest BCUT2D eigenvalue weighted by molar-refractivity contribution is 6.18. The molecule has 0 fully saturated rings. The fourth-order valence-corrected chi connectivity index (χ4v) is 3.35. The van der Waals surface area contributed by atoms with Gasteiger partial charge in [-0.1, -0.05) is 48.5 Å². The van der Waals surface area contributed by atoms with Crippen molar-refractivity contribution in [3.05, 3.63) is 65.2 Å². The molecule has 0 radical (unpaired) electrons. The molecule has 3 aromatic carbocycles. The molecule has 0 heterocycles. The predicted molar refractivity (Wildman–Crippen MR) is 104 cm³/mol. The third kappa shape index (κ3) is 3.18. The van der Waals surface area contributed by atoms with Crippen LogP contribution in [0.15, 0.2) is 48.5 Å². The maximum absolute atomic E-state index is 12.7. The Bertz CT molecular complexity index is 1050. The standard InChI is InChI=1S/C22H20O6/c1-26-12-13-8-4-5-9-14(13)17-15-10-6-7-11-16(15)20(23)19(22(25)28-3)18(17)21(24)27-2/h4-11,23H,12H2,1-3H3. The average molecular weight is 380 g/mol. The van der Waals surface area contributed by atoms with Gasteiger partial charge in [0.1, 0.15) is 11.3 Å². The van der Waals surface area contributed by atoms with Gasteiger partial charge in [0, 0.05) is 18.1 Å². The van der Waals surface area contributed by atoms with Gasteiger partial charge in [0.25, 0.3) is 0 Å². The first-order valence-corrected chi connectivity index (χ1v) is 8.56. The van der Waals surface area contributed by atoms with Crippen LogP contribution in [0.5, 0.6) is 5.75 Å². The number of rotatable bonds is 5. The molecule has 0 unspecified atom stereocenters. The summed E-state index contributed by atoms with van der Waals surface area (Å²) in [5.74, 6) is -1.89. The summed E-state index contributed by atoms with van der Waals surface area (Å²) in [6, 6.07) is 14.4. The monoisotopic (exact) mass is 380 g/mol. The Hall–Kier alpha value is -3.38. The Balaban J connectivity index is 2.56. The molecule has 0 aliphatic carbocycles. The lowest BCUT2D eigenvalue weighted by Crippen LogP contribution is -2.15. The number of fused-ring (bicyclic) bond motifs is 1. The Kier molecular flexibility index (Phi) is 5.61. The van der Waals surface area contributed by atoms with E-state index in [0.717, 1.165) is 5.56 Å². The number of carbonyl (C=O) groups is 2. The lowest BCUT2D eigenvalue weighted by Gasteiger charge is -2.19. The van der Waals surface area contributed by atoms with Gasteiger partial charge in [-0.25, -0.2) is 9.59 Å². The van der Waals surface area contributed by atoms with Gasteiger partial charge >= 0.3 is 11.9 Å². The van der Waals surface area contributed by atoms with Crippen LogP contribution in [-0.2, 0) is 20.8 Å². The van der Waals surface area contributed by atoms with E-state index < -0.39 is 11.9 Å². The normalized spacial score (nSPS) is 10.7. The summed E-state index contributed by atoms with van der Waals surface area (Å²) in [6.07, 6.45) is 0. The molecule has 0 aromatic heterocycles. The summed E-state index contributed by atoms with van der Waals surface area (Å²) < 4.78 is 15.1. The van der Waals surface area contributed by atoms with Crippen LogP contribution in [0.2, 0.25) is 0 Å². The molecule has 0 bridgehead atoms. The average Bonchev–Trinajstić information content (AvgIpc) is 2.73. The second-order valence-electron chi connectivity index (χ2n) is 6.09. The molecule has 6 heteroatoms. The number of benzene rings is 3. The van der Waals surface area contributed by atoms with Crippen LogP contribution < -0.4 is 0 Å². The molecule has 0 amide bonds. The summed E-state index contributed by atoms with van der Waals surface area (Å²) in [6.45, 7) is 0.305. The van der Waals surface area contributed by atoms with Gasteiger partial charge in [-0.3, -0.25) is 0 Å². The molecule has 144 valence electrons. The van der Waals surface area contributed by atoms with Crippen molar-refractivity contribution in [3.8, 4) is 16.9 Å². The maximum Gasteiger partial charge on any atom is 0.342 e.